The van der Waals surface area contributed by atoms with Crippen LogP contribution in [-0.4, -0.2) is 71.3 Å². The van der Waals surface area contributed by atoms with Gasteiger partial charge in [0.05, 0.1) is 12.5 Å². The van der Waals surface area contributed by atoms with Gasteiger partial charge in [0.2, 0.25) is 5.91 Å². The summed E-state index contributed by atoms with van der Waals surface area (Å²) in [6.45, 7) is 3.03. The molecule has 2 saturated heterocycles. The fourth-order valence-electron chi connectivity index (χ4n) is 7.29. The van der Waals surface area contributed by atoms with Crippen LogP contribution in [0, 0.1) is 11.8 Å². The minimum atomic E-state index is -1.29. The third-order valence-corrected chi connectivity index (χ3v) is 9.25. The molecule has 2 aromatic carbocycles. The second-order valence-corrected chi connectivity index (χ2v) is 11.5. The van der Waals surface area contributed by atoms with E-state index in [1.165, 1.54) is 0 Å². The third-order valence-electron chi connectivity index (χ3n) is 9.25. The number of likely N-dealkylation sites (tertiary alicyclic amines) is 1. The van der Waals surface area contributed by atoms with E-state index in [4.69, 9.17) is 9.47 Å². The SMILES string of the molecule is CC[C@@]12C=CCCOC(=O)[C@@H]1[C@H]1C(=O)N(CCCCCCO)C3C(=O)N(c4ccc5ccccc5c4)CC=C[C@@]31O2. The highest BCUT2D eigenvalue weighted by atomic mass is 16.6. The van der Waals surface area contributed by atoms with Crippen LogP contribution >= 0.6 is 0 Å². The van der Waals surface area contributed by atoms with E-state index in [1.54, 1.807) is 9.80 Å². The Morgan fingerprint density at radius 1 is 0.927 bits per heavy atom. The first-order valence-electron chi connectivity index (χ1n) is 14.9. The summed E-state index contributed by atoms with van der Waals surface area (Å²) in [7, 11) is 0. The number of nitrogens with zero attached hydrogens (tertiary/aromatic N) is 2. The van der Waals surface area contributed by atoms with Crippen LogP contribution in [0.25, 0.3) is 10.8 Å². The number of carbonyl (C=O) groups is 3. The smallest absolute Gasteiger partial charge is 0.313 e. The number of esters is 1. The maximum absolute atomic E-state index is 14.7. The van der Waals surface area contributed by atoms with E-state index in [1.807, 2.05) is 73.7 Å². The van der Waals surface area contributed by atoms with Gasteiger partial charge in [-0.1, -0.05) is 74.4 Å². The van der Waals surface area contributed by atoms with Crippen molar-refractivity contribution in [3.05, 3.63) is 66.8 Å². The van der Waals surface area contributed by atoms with Crippen molar-refractivity contribution in [3.63, 3.8) is 0 Å². The molecular formula is C33H38N2O6. The molecule has 1 N–H and O–H groups in total. The summed E-state index contributed by atoms with van der Waals surface area (Å²) in [4.78, 5) is 45.9. The maximum atomic E-state index is 14.7. The van der Waals surface area contributed by atoms with Gasteiger partial charge in [0, 0.05) is 25.4 Å². The molecule has 8 heteroatoms. The molecule has 0 saturated carbocycles. The first-order valence-corrected chi connectivity index (χ1v) is 14.9. The highest BCUT2D eigenvalue weighted by Gasteiger charge is 2.75. The monoisotopic (exact) mass is 558 g/mol. The lowest BCUT2D eigenvalue weighted by atomic mass is 9.73. The van der Waals surface area contributed by atoms with Crippen molar-refractivity contribution in [2.24, 2.45) is 11.8 Å². The summed E-state index contributed by atoms with van der Waals surface area (Å²) in [5.41, 5.74) is -1.58. The molecule has 6 rings (SSSR count). The molecule has 1 unspecified atom stereocenters. The second kappa shape index (κ2) is 11.1. The number of anilines is 1. The number of aliphatic hydroxyl groups excluding tert-OH is 1. The van der Waals surface area contributed by atoms with Gasteiger partial charge in [0.25, 0.3) is 5.91 Å². The lowest BCUT2D eigenvalue weighted by molar-refractivity contribution is -0.160. The van der Waals surface area contributed by atoms with Gasteiger partial charge in [-0.25, -0.2) is 0 Å². The topological polar surface area (TPSA) is 96.4 Å². The Morgan fingerprint density at radius 2 is 1.73 bits per heavy atom. The molecule has 4 aliphatic rings. The average Bonchev–Trinajstić information content (AvgIpc) is 3.32. The number of aliphatic hydroxyl groups is 1. The summed E-state index contributed by atoms with van der Waals surface area (Å²) < 4.78 is 12.6. The van der Waals surface area contributed by atoms with Crippen LogP contribution in [0.4, 0.5) is 5.69 Å². The number of cyclic esters (lactones) is 1. The molecule has 1 spiro atoms. The Kier molecular flexibility index (Phi) is 7.47. The number of hydrogen-bond acceptors (Lipinski definition) is 6. The van der Waals surface area contributed by atoms with E-state index in [9.17, 15) is 19.5 Å². The fraction of sp³-hybridized carbons (Fsp3) is 0.485. The summed E-state index contributed by atoms with van der Waals surface area (Å²) in [5, 5.41) is 11.3. The number of hydrogen-bond donors (Lipinski definition) is 1. The van der Waals surface area contributed by atoms with Gasteiger partial charge < -0.3 is 24.4 Å². The van der Waals surface area contributed by atoms with Crippen molar-refractivity contribution in [1.29, 1.82) is 0 Å². The van der Waals surface area contributed by atoms with Crippen molar-refractivity contribution in [1.82, 2.24) is 4.90 Å². The van der Waals surface area contributed by atoms with Crippen molar-refractivity contribution < 1.29 is 29.0 Å². The maximum Gasteiger partial charge on any atom is 0.313 e. The summed E-state index contributed by atoms with van der Waals surface area (Å²) in [6, 6.07) is 13.0. The predicted molar refractivity (Wildman–Crippen MR) is 155 cm³/mol. The van der Waals surface area contributed by atoms with Gasteiger partial charge in [0.1, 0.15) is 23.2 Å². The first kappa shape index (κ1) is 27.7. The minimum Gasteiger partial charge on any atom is -0.465 e. The molecule has 4 heterocycles. The Bertz CT molecular complexity index is 1400. The summed E-state index contributed by atoms with van der Waals surface area (Å²) >= 11 is 0. The van der Waals surface area contributed by atoms with Gasteiger partial charge in [-0.15, -0.1) is 0 Å². The number of fused-ring (bicyclic) bond motifs is 3. The number of amides is 2. The lowest BCUT2D eigenvalue weighted by Gasteiger charge is -2.38. The average molecular weight is 559 g/mol. The zero-order valence-corrected chi connectivity index (χ0v) is 23.5. The van der Waals surface area contributed by atoms with E-state index in [2.05, 4.69) is 0 Å². The quantitative estimate of drug-likeness (QED) is 0.297. The van der Waals surface area contributed by atoms with E-state index in [-0.39, 0.29) is 25.0 Å². The Hall–Kier alpha value is -3.49. The fourth-order valence-corrected chi connectivity index (χ4v) is 7.29. The summed E-state index contributed by atoms with van der Waals surface area (Å²) in [6.07, 6.45) is 11.8. The predicted octanol–water partition coefficient (Wildman–Crippen LogP) is 4.16. The van der Waals surface area contributed by atoms with Crippen molar-refractivity contribution in [3.8, 4) is 0 Å². The molecule has 4 aliphatic heterocycles. The van der Waals surface area contributed by atoms with Crippen LogP contribution in [-0.2, 0) is 23.9 Å². The molecule has 0 aliphatic carbocycles. The normalized spacial score (nSPS) is 31.0. The number of unbranched alkanes of at least 4 members (excludes halogenated alkanes) is 3. The molecule has 0 bridgehead atoms. The van der Waals surface area contributed by atoms with Gasteiger partial charge in [-0.2, -0.15) is 0 Å². The molecule has 2 aromatic rings. The number of carbonyl (C=O) groups excluding carboxylic acids is 3. The van der Waals surface area contributed by atoms with E-state index >= 15 is 0 Å². The number of rotatable bonds is 8. The number of benzene rings is 2. The molecule has 0 radical (unpaired) electrons. The summed E-state index contributed by atoms with van der Waals surface area (Å²) in [5.74, 6) is -2.59. The molecule has 41 heavy (non-hydrogen) atoms. The van der Waals surface area contributed by atoms with Crippen LogP contribution in [0.5, 0.6) is 0 Å². The van der Waals surface area contributed by atoms with Gasteiger partial charge in [-0.3, -0.25) is 14.4 Å². The van der Waals surface area contributed by atoms with Crippen LogP contribution in [0.2, 0.25) is 0 Å². The van der Waals surface area contributed by atoms with Crippen molar-refractivity contribution >= 4 is 34.2 Å². The Labute approximate surface area is 240 Å². The standard InChI is InChI=1S/C33H38N2O6/c1-2-32-16-7-10-21-40-31(39)27(32)26-29(37)35(18-8-3-4-9-20-36)28-30(38)34(19-11-17-33(26,28)41-32)25-15-14-23-12-5-6-13-24(23)22-25/h5-7,11-17,22,26-28,36H,2-4,8-10,18-21H2,1H3/t26-,27-,28?,32+,33-/m0/s1. The van der Waals surface area contributed by atoms with E-state index < -0.39 is 35.0 Å². The van der Waals surface area contributed by atoms with Gasteiger partial charge in [0.15, 0.2) is 0 Å². The zero-order chi connectivity index (χ0) is 28.6. The lowest BCUT2D eigenvalue weighted by Crippen LogP contribution is -2.56. The van der Waals surface area contributed by atoms with Gasteiger partial charge in [-0.05, 0) is 48.6 Å². The highest BCUT2D eigenvalue weighted by molar-refractivity contribution is 6.06. The highest BCUT2D eigenvalue weighted by Crippen LogP contribution is 2.58. The molecule has 5 atom stereocenters. The van der Waals surface area contributed by atoms with Crippen LogP contribution in [0.1, 0.15) is 45.4 Å². The molecule has 216 valence electrons. The van der Waals surface area contributed by atoms with E-state index in [0.29, 0.717) is 38.8 Å². The van der Waals surface area contributed by atoms with Crippen LogP contribution in [0.3, 0.4) is 0 Å². The molecular weight excluding hydrogens is 520 g/mol. The largest absolute Gasteiger partial charge is 0.465 e. The Morgan fingerprint density at radius 3 is 2.54 bits per heavy atom. The molecule has 0 aromatic heterocycles. The minimum absolute atomic E-state index is 0.130. The van der Waals surface area contributed by atoms with Gasteiger partial charge >= 0.3 is 5.97 Å². The first-order chi connectivity index (χ1) is 20.0. The molecule has 2 amide bonds. The Balaban J connectivity index is 1.43. The zero-order valence-electron chi connectivity index (χ0n) is 23.5. The van der Waals surface area contributed by atoms with Crippen LogP contribution < -0.4 is 4.90 Å². The van der Waals surface area contributed by atoms with E-state index in [0.717, 1.165) is 29.3 Å². The molecule has 8 nitrogen and oxygen atoms in total. The molecule has 2 fully saturated rings. The number of ether oxygens (including phenoxy) is 2. The van der Waals surface area contributed by atoms with Crippen molar-refractivity contribution in [2.75, 3.05) is 31.2 Å². The third kappa shape index (κ3) is 4.48. The van der Waals surface area contributed by atoms with Crippen molar-refractivity contribution in [2.45, 2.75) is 62.7 Å². The van der Waals surface area contributed by atoms with Crippen LogP contribution in [0.15, 0.2) is 66.8 Å². The second-order valence-electron chi connectivity index (χ2n) is 11.5.